The van der Waals surface area contributed by atoms with Gasteiger partial charge in [-0.1, -0.05) is 31.2 Å². The number of ether oxygens (including phenoxy) is 2. The van der Waals surface area contributed by atoms with Gasteiger partial charge in [0, 0.05) is 24.9 Å². The first kappa shape index (κ1) is 18.9. The number of halogens is 1. The van der Waals surface area contributed by atoms with E-state index in [0.717, 1.165) is 23.3 Å². The number of esters is 1. The number of carbonyl (C=O) groups is 1. The zero-order chi connectivity index (χ0) is 19.7. The summed E-state index contributed by atoms with van der Waals surface area (Å²) in [5, 5.41) is 3.44. The van der Waals surface area contributed by atoms with Crippen molar-refractivity contribution in [2.45, 2.75) is 38.6 Å². The topological polar surface area (TPSA) is 47.6 Å². The molecular weight excluding hydrogens is 357 g/mol. The number of fused-ring (bicyclic) bond motifs is 1. The predicted octanol–water partition coefficient (Wildman–Crippen LogP) is 3.93. The number of nitrogens with one attached hydrogen (secondary N) is 1. The Morgan fingerprint density at radius 2 is 2.04 bits per heavy atom. The van der Waals surface area contributed by atoms with Crippen molar-refractivity contribution in [2.24, 2.45) is 5.92 Å². The lowest BCUT2D eigenvalue weighted by atomic mass is 9.82. The Morgan fingerprint density at radius 1 is 1.21 bits per heavy atom. The van der Waals surface area contributed by atoms with E-state index in [4.69, 9.17) is 9.47 Å². The van der Waals surface area contributed by atoms with Crippen molar-refractivity contribution in [1.82, 2.24) is 5.32 Å². The van der Waals surface area contributed by atoms with E-state index in [0.29, 0.717) is 31.7 Å². The summed E-state index contributed by atoms with van der Waals surface area (Å²) in [6.45, 7) is 5.42. The van der Waals surface area contributed by atoms with Gasteiger partial charge in [0.15, 0.2) is 0 Å². The molecule has 0 aliphatic carbocycles. The second kappa shape index (κ2) is 7.92. The molecule has 1 saturated heterocycles. The molecule has 0 bridgehead atoms. The molecule has 4 nitrogen and oxygen atoms in total. The molecule has 0 unspecified atom stereocenters. The molecule has 3 atom stereocenters. The lowest BCUT2D eigenvalue weighted by molar-refractivity contribution is -0.148. The normalized spacial score (nSPS) is 23.3. The minimum atomic E-state index is -0.396. The smallest absolute Gasteiger partial charge is 0.311 e. The van der Waals surface area contributed by atoms with E-state index in [1.165, 1.54) is 5.56 Å². The van der Waals surface area contributed by atoms with Crippen molar-refractivity contribution < 1.29 is 18.7 Å². The Morgan fingerprint density at radius 3 is 2.79 bits per heavy atom. The molecule has 2 heterocycles. The molecule has 2 aliphatic heterocycles. The second-order valence-electron chi connectivity index (χ2n) is 7.44. The second-order valence-corrected chi connectivity index (χ2v) is 7.44. The molecule has 28 heavy (non-hydrogen) atoms. The summed E-state index contributed by atoms with van der Waals surface area (Å²) in [4.78, 5) is 12.9. The average molecular weight is 383 g/mol. The monoisotopic (exact) mass is 383 g/mol. The third-order valence-corrected chi connectivity index (χ3v) is 5.87. The number of aryl methyl sites for hydroxylation is 1. The maximum atomic E-state index is 14.4. The van der Waals surface area contributed by atoms with Crippen LogP contribution >= 0.6 is 0 Å². The van der Waals surface area contributed by atoms with E-state index < -0.39 is 5.92 Å². The maximum Gasteiger partial charge on any atom is 0.311 e. The maximum absolute atomic E-state index is 14.4. The van der Waals surface area contributed by atoms with Crippen LogP contribution in [-0.2, 0) is 22.4 Å². The lowest BCUT2D eigenvalue weighted by Gasteiger charge is -2.23. The summed E-state index contributed by atoms with van der Waals surface area (Å²) in [7, 11) is 0. The summed E-state index contributed by atoms with van der Waals surface area (Å²) in [5.74, 6) is 0.0500. The first-order valence-electron chi connectivity index (χ1n) is 10.1. The van der Waals surface area contributed by atoms with Gasteiger partial charge < -0.3 is 14.8 Å². The molecule has 5 heteroatoms. The Labute approximate surface area is 165 Å². The van der Waals surface area contributed by atoms with Gasteiger partial charge in [0.2, 0.25) is 0 Å². The number of carbonyl (C=O) groups excluding carboxylic acids is 1. The van der Waals surface area contributed by atoms with Crippen LogP contribution in [-0.4, -0.2) is 25.7 Å². The van der Waals surface area contributed by atoms with Crippen LogP contribution in [0.1, 0.15) is 48.1 Å². The number of rotatable bonds is 5. The lowest BCUT2D eigenvalue weighted by Crippen LogP contribution is -2.27. The molecule has 1 N–H and O–H groups in total. The quantitative estimate of drug-likeness (QED) is 0.795. The van der Waals surface area contributed by atoms with Crippen molar-refractivity contribution in [1.29, 1.82) is 0 Å². The molecule has 148 valence electrons. The summed E-state index contributed by atoms with van der Waals surface area (Å²) < 4.78 is 25.4. The molecule has 1 fully saturated rings. The Hall–Kier alpha value is -2.40. The van der Waals surface area contributed by atoms with Crippen LogP contribution in [0.2, 0.25) is 0 Å². The average Bonchev–Trinajstić information content (AvgIpc) is 3.34. The van der Waals surface area contributed by atoms with E-state index in [1.54, 1.807) is 6.07 Å². The molecule has 2 aromatic rings. The first-order valence-corrected chi connectivity index (χ1v) is 10.1. The highest BCUT2D eigenvalue weighted by Crippen LogP contribution is 2.42. The van der Waals surface area contributed by atoms with E-state index >= 15 is 0 Å². The highest BCUT2D eigenvalue weighted by atomic mass is 19.1. The third-order valence-electron chi connectivity index (χ3n) is 5.87. The highest BCUT2D eigenvalue weighted by molar-refractivity contribution is 5.76. The van der Waals surface area contributed by atoms with E-state index in [2.05, 4.69) is 11.4 Å². The largest absolute Gasteiger partial charge is 0.493 e. The van der Waals surface area contributed by atoms with Gasteiger partial charge in [0.1, 0.15) is 11.6 Å². The van der Waals surface area contributed by atoms with Crippen LogP contribution in [0.5, 0.6) is 5.75 Å². The molecular formula is C23H26FNO3. The highest BCUT2D eigenvalue weighted by Gasteiger charge is 2.43. The molecule has 0 amide bonds. The van der Waals surface area contributed by atoms with Gasteiger partial charge in [0.05, 0.1) is 19.1 Å². The van der Waals surface area contributed by atoms with E-state index in [9.17, 15) is 9.18 Å². The fourth-order valence-corrected chi connectivity index (χ4v) is 4.41. The molecule has 2 aliphatic rings. The van der Waals surface area contributed by atoms with Gasteiger partial charge in [-0.15, -0.1) is 0 Å². The fraction of sp³-hybridized carbons (Fsp3) is 0.435. The van der Waals surface area contributed by atoms with Gasteiger partial charge >= 0.3 is 5.97 Å². The number of hydrogen-bond acceptors (Lipinski definition) is 4. The molecule has 2 aromatic carbocycles. The third kappa shape index (κ3) is 3.39. The van der Waals surface area contributed by atoms with E-state index in [-0.39, 0.29) is 23.7 Å². The van der Waals surface area contributed by atoms with Crippen LogP contribution in [0.25, 0.3) is 0 Å². The van der Waals surface area contributed by atoms with Gasteiger partial charge in [-0.3, -0.25) is 4.79 Å². The Balaban J connectivity index is 1.68. The van der Waals surface area contributed by atoms with Crippen LogP contribution in [0.4, 0.5) is 4.39 Å². The van der Waals surface area contributed by atoms with Gasteiger partial charge in [-0.2, -0.15) is 0 Å². The zero-order valence-corrected chi connectivity index (χ0v) is 16.3. The molecule has 0 aromatic heterocycles. The molecule has 0 radical (unpaired) electrons. The van der Waals surface area contributed by atoms with Crippen LogP contribution in [0.3, 0.4) is 0 Å². The Kier molecular flexibility index (Phi) is 5.36. The summed E-state index contributed by atoms with van der Waals surface area (Å²) >= 11 is 0. The molecule has 0 spiro atoms. The van der Waals surface area contributed by atoms with Crippen molar-refractivity contribution in [3.05, 3.63) is 64.5 Å². The number of hydrogen-bond donors (Lipinski definition) is 1. The van der Waals surface area contributed by atoms with Crippen molar-refractivity contribution in [3.8, 4) is 5.75 Å². The minimum Gasteiger partial charge on any atom is -0.493 e. The van der Waals surface area contributed by atoms with Crippen LogP contribution in [0, 0.1) is 11.7 Å². The molecule has 0 saturated carbocycles. The predicted molar refractivity (Wildman–Crippen MR) is 105 cm³/mol. The fourth-order valence-electron chi connectivity index (χ4n) is 4.41. The van der Waals surface area contributed by atoms with E-state index in [1.807, 2.05) is 38.1 Å². The van der Waals surface area contributed by atoms with Crippen LogP contribution in [0.15, 0.2) is 36.4 Å². The first-order chi connectivity index (χ1) is 13.6. The summed E-state index contributed by atoms with van der Waals surface area (Å²) in [6.07, 6.45) is 1.53. The zero-order valence-electron chi connectivity index (χ0n) is 16.3. The number of benzene rings is 2. The molecule has 4 rings (SSSR count). The van der Waals surface area contributed by atoms with Gasteiger partial charge in [-0.25, -0.2) is 4.39 Å². The van der Waals surface area contributed by atoms with Gasteiger partial charge in [-0.05, 0) is 47.7 Å². The van der Waals surface area contributed by atoms with Crippen molar-refractivity contribution >= 4 is 5.97 Å². The van der Waals surface area contributed by atoms with Crippen molar-refractivity contribution in [2.75, 3.05) is 19.8 Å². The summed E-state index contributed by atoms with van der Waals surface area (Å²) in [5.41, 5.74) is 3.76. The standard InChI is InChI=1S/C23H26FNO3/c1-3-14-5-6-17(12-19(14)24)22-21(23(26)27-4-2)18(13-25-22)15-7-8-20-16(11-15)9-10-28-20/h5-8,11-12,18,21-22,25H,3-4,9-10,13H2,1-2H3/t18-,21+,22+/m1/s1. The minimum absolute atomic E-state index is 0.0242. The Bertz CT molecular complexity index is 882. The summed E-state index contributed by atoms with van der Waals surface area (Å²) in [6, 6.07) is 11.2. The van der Waals surface area contributed by atoms with Gasteiger partial charge in [0.25, 0.3) is 0 Å². The van der Waals surface area contributed by atoms with Crippen LogP contribution < -0.4 is 10.1 Å². The SMILES string of the molecule is CCOC(=O)[C@H]1[C@@H](c2ccc3c(c2)CCO3)CN[C@H]1c1ccc(CC)c(F)c1. The van der Waals surface area contributed by atoms with Crippen molar-refractivity contribution in [3.63, 3.8) is 0 Å².